The van der Waals surface area contributed by atoms with Crippen molar-refractivity contribution in [1.82, 2.24) is 0 Å². The molecule has 0 aromatic rings. The number of hydrogen-bond donors (Lipinski definition) is 0. The Kier molecular flexibility index (Phi) is 30.8. The fourth-order valence-corrected chi connectivity index (χ4v) is 2.44. The summed E-state index contributed by atoms with van der Waals surface area (Å²) in [6, 6.07) is 0. The summed E-state index contributed by atoms with van der Waals surface area (Å²) in [7, 11) is 0. The first-order valence-corrected chi connectivity index (χ1v) is 10.3. The number of aliphatic carboxylic acids is 2. The summed E-state index contributed by atoms with van der Waals surface area (Å²) in [6.45, 7) is 4.39. The van der Waals surface area contributed by atoms with Gasteiger partial charge in [0.05, 0.1) is 11.9 Å². The maximum atomic E-state index is 9.98. The van der Waals surface area contributed by atoms with E-state index in [1.165, 1.54) is 64.2 Å². The molecule has 0 bridgehead atoms. The van der Waals surface area contributed by atoms with Crippen LogP contribution >= 0.6 is 0 Å². The van der Waals surface area contributed by atoms with Crippen LogP contribution in [0.15, 0.2) is 24.3 Å². The molecule has 1 radical (unpaired) electrons. The monoisotopic (exact) mass is 425 g/mol. The third kappa shape index (κ3) is 36.6. The Bertz CT molecular complexity index is 343. The molecule has 0 saturated heterocycles. The quantitative estimate of drug-likeness (QED) is 0.276. The molecule has 27 heavy (non-hydrogen) atoms. The van der Waals surface area contributed by atoms with Crippen molar-refractivity contribution >= 4 is 11.9 Å². The number of carbonyl (C=O) groups excluding carboxylic acids is 2. The molecule has 4 nitrogen and oxygen atoms in total. The van der Waals surface area contributed by atoms with Crippen LogP contribution in [-0.4, -0.2) is 11.9 Å². The van der Waals surface area contributed by atoms with Crippen LogP contribution in [0.3, 0.4) is 0 Å². The Morgan fingerprint density at radius 3 is 1.19 bits per heavy atom. The Balaban J connectivity index is -0.000000411. The van der Waals surface area contributed by atoms with E-state index in [4.69, 9.17) is 0 Å². The summed E-state index contributed by atoms with van der Waals surface area (Å²) in [5.74, 6) is -2.18. The molecule has 0 heterocycles. The van der Waals surface area contributed by atoms with Crippen molar-refractivity contribution in [2.24, 2.45) is 0 Å². The smallest absolute Gasteiger partial charge is 0.545 e. The summed E-state index contributed by atoms with van der Waals surface area (Å²) in [5.41, 5.74) is 0. The van der Waals surface area contributed by atoms with Crippen LogP contribution in [-0.2, 0) is 26.4 Å². The number of rotatable bonds is 16. The van der Waals surface area contributed by atoms with Crippen molar-refractivity contribution in [2.45, 2.75) is 104 Å². The van der Waals surface area contributed by atoms with Gasteiger partial charge in [0.1, 0.15) is 0 Å². The van der Waals surface area contributed by atoms with Gasteiger partial charge in [-0.1, -0.05) is 90.2 Å². The SMILES string of the molecule is CCCCCCCCC=CC(=O)[O-].CCCCCCCCC=CC(=O)[O-].[Co+2]. The number of unbranched alkanes of at least 4 members (excludes halogenated alkanes) is 12. The Morgan fingerprint density at radius 2 is 0.889 bits per heavy atom. The van der Waals surface area contributed by atoms with E-state index in [-0.39, 0.29) is 16.8 Å². The summed E-state index contributed by atoms with van der Waals surface area (Å²) in [4.78, 5) is 20.0. The van der Waals surface area contributed by atoms with Gasteiger partial charge in [-0.3, -0.25) is 0 Å². The van der Waals surface area contributed by atoms with Crippen molar-refractivity contribution in [3.8, 4) is 0 Å². The van der Waals surface area contributed by atoms with Gasteiger partial charge in [-0.25, -0.2) is 0 Å². The fraction of sp³-hybridized carbons (Fsp3) is 0.727. The van der Waals surface area contributed by atoms with Gasteiger partial charge in [0.2, 0.25) is 0 Å². The summed E-state index contributed by atoms with van der Waals surface area (Å²) in [5, 5.41) is 20.0. The normalized spacial score (nSPS) is 10.4. The van der Waals surface area contributed by atoms with Crippen molar-refractivity contribution in [1.29, 1.82) is 0 Å². The van der Waals surface area contributed by atoms with Gasteiger partial charge in [-0.2, -0.15) is 0 Å². The number of carboxylic acids is 2. The zero-order valence-corrected chi connectivity index (χ0v) is 18.2. The zero-order valence-electron chi connectivity index (χ0n) is 17.2. The molecule has 0 unspecified atom stereocenters. The number of allylic oxidation sites excluding steroid dienone is 2. The average molecular weight is 425 g/mol. The van der Waals surface area contributed by atoms with E-state index < -0.39 is 11.9 Å². The molecular weight excluding hydrogens is 387 g/mol. The predicted molar refractivity (Wildman–Crippen MR) is 104 cm³/mol. The largest absolute Gasteiger partial charge is 2.00 e. The zero-order chi connectivity index (χ0) is 19.9. The van der Waals surface area contributed by atoms with Crippen molar-refractivity contribution in [3.63, 3.8) is 0 Å². The molecule has 0 fully saturated rings. The number of carboxylic acid groups (broad SMARTS) is 2. The Morgan fingerprint density at radius 1 is 0.593 bits per heavy atom. The minimum Gasteiger partial charge on any atom is -0.545 e. The fourth-order valence-electron chi connectivity index (χ4n) is 2.44. The first-order valence-electron chi connectivity index (χ1n) is 10.3. The standard InChI is InChI=1S/2C11H20O2.Co/c2*1-2-3-4-5-6-7-8-9-10-11(12)13;/h2*9-10H,2-8H2,1H3,(H,12,13);/q;;+2/p-2. The second-order valence-electron chi connectivity index (χ2n) is 6.56. The van der Waals surface area contributed by atoms with Crippen LogP contribution in [0.1, 0.15) is 104 Å². The predicted octanol–water partition coefficient (Wildman–Crippen LogP) is 4.08. The van der Waals surface area contributed by atoms with Crippen molar-refractivity contribution < 1.29 is 36.6 Å². The topological polar surface area (TPSA) is 80.3 Å². The van der Waals surface area contributed by atoms with Crippen LogP contribution in [0.4, 0.5) is 0 Å². The van der Waals surface area contributed by atoms with Crippen molar-refractivity contribution in [2.75, 3.05) is 0 Å². The number of carbonyl (C=O) groups is 2. The molecule has 0 aliphatic heterocycles. The maximum absolute atomic E-state index is 9.98. The van der Waals surface area contributed by atoms with E-state index in [0.29, 0.717) is 0 Å². The van der Waals surface area contributed by atoms with Gasteiger partial charge in [-0.05, 0) is 37.8 Å². The van der Waals surface area contributed by atoms with E-state index in [1.807, 2.05) is 0 Å². The van der Waals surface area contributed by atoms with E-state index in [2.05, 4.69) is 13.8 Å². The molecule has 0 atom stereocenters. The molecule has 0 aromatic carbocycles. The minimum absolute atomic E-state index is 0. The Labute approximate surface area is 176 Å². The Hall–Kier alpha value is -1.07. The molecule has 5 heteroatoms. The molecule has 0 spiro atoms. The molecule has 0 saturated carbocycles. The average Bonchev–Trinajstić information content (AvgIpc) is 2.60. The molecule has 0 amide bonds. The molecular formula is C22H38CoO4. The number of hydrogen-bond acceptors (Lipinski definition) is 4. The first-order chi connectivity index (χ1) is 12.5. The van der Waals surface area contributed by atoms with E-state index >= 15 is 0 Å². The minimum atomic E-state index is -1.09. The first kappa shape index (κ1) is 30.6. The summed E-state index contributed by atoms with van der Waals surface area (Å²) in [6.07, 6.45) is 22.2. The van der Waals surface area contributed by atoms with Crippen LogP contribution in [0, 0.1) is 0 Å². The van der Waals surface area contributed by atoms with Gasteiger partial charge in [0.25, 0.3) is 0 Å². The van der Waals surface area contributed by atoms with E-state index in [1.54, 1.807) is 12.2 Å². The molecule has 0 rings (SSSR count). The second-order valence-corrected chi connectivity index (χ2v) is 6.56. The van der Waals surface area contributed by atoms with Crippen LogP contribution in [0.5, 0.6) is 0 Å². The molecule has 0 N–H and O–H groups in total. The molecule has 0 aromatic heterocycles. The van der Waals surface area contributed by atoms with Gasteiger partial charge in [-0.15, -0.1) is 0 Å². The van der Waals surface area contributed by atoms with E-state index in [9.17, 15) is 19.8 Å². The maximum Gasteiger partial charge on any atom is 2.00 e. The van der Waals surface area contributed by atoms with Crippen molar-refractivity contribution in [3.05, 3.63) is 24.3 Å². The van der Waals surface area contributed by atoms with Gasteiger partial charge >= 0.3 is 16.8 Å². The van der Waals surface area contributed by atoms with Gasteiger partial charge < -0.3 is 19.8 Å². The van der Waals surface area contributed by atoms with E-state index in [0.717, 1.165) is 37.8 Å². The van der Waals surface area contributed by atoms with Crippen LogP contribution in [0.2, 0.25) is 0 Å². The molecule has 0 aliphatic carbocycles. The van der Waals surface area contributed by atoms with Crippen LogP contribution < -0.4 is 10.2 Å². The summed E-state index contributed by atoms with van der Waals surface area (Å²) < 4.78 is 0. The van der Waals surface area contributed by atoms with Gasteiger partial charge in [0, 0.05) is 0 Å². The molecule has 159 valence electrons. The third-order valence-corrected chi connectivity index (χ3v) is 3.96. The van der Waals surface area contributed by atoms with Gasteiger partial charge in [0.15, 0.2) is 0 Å². The second kappa shape index (κ2) is 27.1. The summed E-state index contributed by atoms with van der Waals surface area (Å²) >= 11 is 0. The molecule has 0 aliphatic rings. The van der Waals surface area contributed by atoms with Crippen LogP contribution in [0.25, 0.3) is 0 Å². The third-order valence-electron chi connectivity index (χ3n) is 3.96.